The van der Waals surface area contributed by atoms with E-state index in [-0.39, 0.29) is 5.57 Å². The van der Waals surface area contributed by atoms with Crippen molar-refractivity contribution in [3.8, 4) is 17.8 Å². The molecule has 0 bridgehead atoms. The van der Waals surface area contributed by atoms with Crippen LogP contribution in [0.4, 0.5) is 5.69 Å². The molecule has 1 N–H and O–H groups in total. The summed E-state index contributed by atoms with van der Waals surface area (Å²) >= 11 is 6.24. The Morgan fingerprint density at radius 3 is 2.70 bits per heavy atom. The van der Waals surface area contributed by atoms with Crippen LogP contribution in [0.1, 0.15) is 5.82 Å². The van der Waals surface area contributed by atoms with E-state index in [0.717, 1.165) is 11.5 Å². The number of imidazole rings is 1. The number of nitriles is 2. The fourth-order valence-corrected chi connectivity index (χ4v) is 1.94. The summed E-state index contributed by atoms with van der Waals surface area (Å²) < 4.78 is 1.87. The minimum Gasteiger partial charge on any atom is -0.360 e. The van der Waals surface area contributed by atoms with Gasteiger partial charge in [0.2, 0.25) is 0 Å². The van der Waals surface area contributed by atoms with Crippen LogP contribution in [0.3, 0.4) is 0 Å². The predicted molar refractivity (Wildman–Crippen MR) is 76.2 cm³/mol. The Morgan fingerprint density at radius 1 is 1.40 bits per heavy atom. The molecule has 0 aliphatic heterocycles. The van der Waals surface area contributed by atoms with E-state index in [1.54, 1.807) is 24.4 Å². The van der Waals surface area contributed by atoms with Crippen LogP contribution < -0.4 is 5.32 Å². The van der Waals surface area contributed by atoms with E-state index in [2.05, 4.69) is 10.3 Å². The van der Waals surface area contributed by atoms with Crippen LogP contribution >= 0.6 is 11.6 Å². The molecule has 0 fully saturated rings. The van der Waals surface area contributed by atoms with E-state index in [9.17, 15) is 0 Å². The molecule has 0 spiro atoms. The Kier molecular flexibility index (Phi) is 4.05. The van der Waals surface area contributed by atoms with Gasteiger partial charge < -0.3 is 9.88 Å². The first-order valence-electron chi connectivity index (χ1n) is 5.72. The third-order valence-corrected chi connectivity index (χ3v) is 2.96. The molecule has 20 heavy (non-hydrogen) atoms. The third kappa shape index (κ3) is 2.80. The molecular weight excluding hydrogens is 274 g/mol. The van der Waals surface area contributed by atoms with E-state index < -0.39 is 0 Å². The van der Waals surface area contributed by atoms with Gasteiger partial charge in [0, 0.05) is 24.3 Å². The lowest BCUT2D eigenvalue weighted by atomic mass is 10.2. The number of aryl methyl sites for hydroxylation is 1. The van der Waals surface area contributed by atoms with Gasteiger partial charge in [-0.1, -0.05) is 11.6 Å². The largest absolute Gasteiger partial charge is 0.360 e. The van der Waals surface area contributed by atoms with Crippen LogP contribution in [-0.2, 0) is 0 Å². The van der Waals surface area contributed by atoms with Crippen LogP contribution in [0, 0.1) is 29.6 Å². The highest BCUT2D eigenvalue weighted by Gasteiger charge is 2.06. The maximum Gasteiger partial charge on any atom is 0.145 e. The topological polar surface area (TPSA) is 77.4 Å². The summed E-state index contributed by atoms with van der Waals surface area (Å²) in [6, 6.07) is 8.91. The quantitative estimate of drug-likeness (QED) is 0.878. The van der Waals surface area contributed by atoms with E-state index in [1.165, 1.54) is 6.20 Å². The second-order valence-electron chi connectivity index (χ2n) is 3.94. The summed E-state index contributed by atoms with van der Waals surface area (Å²) in [5.41, 5.74) is 1.51. The molecule has 0 unspecified atom stereocenters. The number of nitrogens with zero attached hydrogens (tertiary/aromatic N) is 4. The predicted octanol–water partition coefficient (Wildman–Crippen LogP) is 3.18. The number of hydrogen-bond acceptors (Lipinski definition) is 4. The molecule has 0 aliphatic rings. The number of hydrogen-bond donors (Lipinski definition) is 1. The molecule has 0 saturated heterocycles. The lowest BCUT2D eigenvalue weighted by molar-refractivity contribution is 0.975. The first-order chi connectivity index (χ1) is 9.65. The normalized spacial score (nSPS) is 9.40. The standard InChI is InChI=1S/C14H10ClN5/c1-10-18-4-5-20(10)14-3-2-12(6-13(14)15)19-9-11(7-16)8-17/h2-6,9,19H,1H3. The van der Waals surface area contributed by atoms with Crippen LogP contribution in [-0.4, -0.2) is 9.55 Å². The molecule has 0 saturated carbocycles. The first kappa shape index (κ1) is 13.7. The molecule has 5 nitrogen and oxygen atoms in total. The molecule has 0 radical (unpaired) electrons. The van der Waals surface area contributed by atoms with Crippen molar-refractivity contribution in [3.63, 3.8) is 0 Å². The van der Waals surface area contributed by atoms with Gasteiger partial charge >= 0.3 is 0 Å². The van der Waals surface area contributed by atoms with Crippen molar-refractivity contribution in [3.05, 3.63) is 53.2 Å². The first-order valence-corrected chi connectivity index (χ1v) is 6.10. The van der Waals surface area contributed by atoms with Gasteiger partial charge in [0.15, 0.2) is 0 Å². The molecule has 6 heteroatoms. The minimum atomic E-state index is -0.00402. The lowest BCUT2D eigenvalue weighted by Crippen LogP contribution is -1.97. The van der Waals surface area contributed by atoms with Gasteiger partial charge in [0.05, 0.1) is 10.7 Å². The fraction of sp³-hybridized carbons (Fsp3) is 0.0714. The highest BCUT2D eigenvalue weighted by Crippen LogP contribution is 2.25. The summed E-state index contributed by atoms with van der Waals surface area (Å²) in [6.45, 7) is 1.89. The van der Waals surface area contributed by atoms with E-state index in [0.29, 0.717) is 10.7 Å². The van der Waals surface area contributed by atoms with Gasteiger partial charge in [-0.05, 0) is 25.1 Å². The molecule has 2 aromatic rings. The highest BCUT2D eigenvalue weighted by atomic mass is 35.5. The van der Waals surface area contributed by atoms with Gasteiger partial charge in [-0.3, -0.25) is 0 Å². The Hall–Kier alpha value is -2.76. The average Bonchev–Trinajstić information content (AvgIpc) is 2.86. The molecule has 0 amide bonds. The van der Waals surface area contributed by atoms with Crippen molar-refractivity contribution in [2.45, 2.75) is 6.92 Å². The molecule has 2 rings (SSSR count). The zero-order valence-corrected chi connectivity index (χ0v) is 11.4. The molecule has 1 aromatic carbocycles. The van der Waals surface area contributed by atoms with Gasteiger partial charge in [-0.25, -0.2) is 4.98 Å². The summed E-state index contributed by atoms with van der Waals surface area (Å²) in [5, 5.41) is 20.7. The molecule has 98 valence electrons. The average molecular weight is 284 g/mol. The molecule has 1 heterocycles. The minimum absolute atomic E-state index is 0.00402. The van der Waals surface area contributed by atoms with Gasteiger partial charge in [0.25, 0.3) is 0 Å². The van der Waals surface area contributed by atoms with Crippen LogP contribution in [0.2, 0.25) is 5.02 Å². The monoisotopic (exact) mass is 283 g/mol. The van der Waals surface area contributed by atoms with Gasteiger partial charge in [-0.2, -0.15) is 10.5 Å². The fourth-order valence-electron chi connectivity index (χ4n) is 1.67. The lowest BCUT2D eigenvalue weighted by Gasteiger charge is -2.09. The summed E-state index contributed by atoms with van der Waals surface area (Å²) in [6.07, 6.45) is 4.87. The second kappa shape index (κ2) is 5.92. The molecule has 0 atom stereocenters. The van der Waals surface area contributed by atoms with Crippen molar-refractivity contribution in [2.75, 3.05) is 5.32 Å². The van der Waals surface area contributed by atoms with Crippen LogP contribution in [0.25, 0.3) is 5.69 Å². The van der Waals surface area contributed by atoms with Crippen molar-refractivity contribution < 1.29 is 0 Å². The Morgan fingerprint density at radius 2 is 2.15 bits per heavy atom. The van der Waals surface area contributed by atoms with Crippen molar-refractivity contribution in [1.82, 2.24) is 9.55 Å². The maximum atomic E-state index is 8.64. The van der Waals surface area contributed by atoms with Crippen LogP contribution in [0.15, 0.2) is 42.4 Å². The zero-order valence-electron chi connectivity index (χ0n) is 10.6. The van der Waals surface area contributed by atoms with Crippen LogP contribution in [0.5, 0.6) is 0 Å². The number of aromatic nitrogens is 2. The number of benzene rings is 1. The summed E-state index contributed by atoms with van der Waals surface area (Å²) in [4.78, 5) is 4.15. The van der Waals surface area contributed by atoms with E-state index >= 15 is 0 Å². The number of anilines is 1. The Balaban J connectivity index is 2.28. The number of nitrogens with one attached hydrogen (secondary N) is 1. The summed E-state index contributed by atoms with van der Waals surface area (Å²) in [5.74, 6) is 0.837. The second-order valence-corrected chi connectivity index (χ2v) is 4.34. The highest BCUT2D eigenvalue weighted by molar-refractivity contribution is 6.32. The number of rotatable bonds is 3. The van der Waals surface area contributed by atoms with Crippen molar-refractivity contribution >= 4 is 17.3 Å². The number of allylic oxidation sites excluding steroid dienone is 1. The number of halogens is 1. The smallest absolute Gasteiger partial charge is 0.145 e. The molecular formula is C14H10ClN5. The van der Waals surface area contributed by atoms with Gasteiger partial charge in [0.1, 0.15) is 23.5 Å². The third-order valence-electron chi connectivity index (χ3n) is 2.66. The Bertz CT molecular complexity index is 730. The van der Waals surface area contributed by atoms with Crippen molar-refractivity contribution in [1.29, 1.82) is 10.5 Å². The maximum absolute atomic E-state index is 8.64. The van der Waals surface area contributed by atoms with Crippen molar-refractivity contribution in [2.24, 2.45) is 0 Å². The van der Waals surface area contributed by atoms with Gasteiger partial charge in [-0.15, -0.1) is 0 Å². The summed E-state index contributed by atoms with van der Waals surface area (Å²) in [7, 11) is 0. The zero-order chi connectivity index (χ0) is 14.5. The molecule has 0 aliphatic carbocycles. The SMILES string of the molecule is Cc1nccn1-c1ccc(NC=C(C#N)C#N)cc1Cl. The van der Waals surface area contributed by atoms with E-state index in [1.807, 2.05) is 29.8 Å². The van der Waals surface area contributed by atoms with E-state index in [4.69, 9.17) is 22.1 Å². The molecule has 1 aromatic heterocycles. The Labute approximate surface area is 121 Å².